The first-order valence-corrected chi connectivity index (χ1v) is 10.3. The zero-order valence-electron chi connectivity index (χ0n) is 17.3. The fourth-order valence-electron chi connectivity index (χ4n) is 4.10. The second kappa shape index (κ2) is 12.5. The Morgan fingerprint density at radius 2 is 1.89 bits per heavy atom. The number of nitrogens with one attached hydrogen (secondary N) is 1. The standard InChI is InChI=1S/C21H35N5O.HI/c1-22-21(26-12-9-19(17-26)18-27-2)23-10-6-11-24-13-15-25(16-14-24)20-7-4-3-5-8-20;/h3-5,7-8,19H,6,9-18H2,1-2H3,(H,22,23);1H. The lowest BCUT2D eigenvalue weighted by molar-refractivity contribution is 0.157. The molecule has 1 atom stereocenters. The summed E-state index contributed by atoms with van der Waals surface area (Å²) in [5.41, 5.74) is 1.35. The number of guanidine groups is 1. The molecule has 0 aromatic heterocycles. The molecule has 2 aliphatic rings. The van der Waals surface area contributed by atoms with Gasteiger partial charge in [0, 0.05) is 71.6 Å². The minimum atomic E-state index is 0. The molecule has 2 heterocycles. The Hall–Kier alpha value is -1.06. The Balaban J connectivity index is 0.00000280. The Bertz CT molecular complexity index is 577. The van der Waals surface area contributed by atoms with Gasteiger partial charge in [0.1, 0.15) is 0 Å². The molecule has 0 amide bonds. The quantitative estimate of drug-likeness (QED) is 0.269. The molecular formula is C21H36IN5O. The van der Waals surface area contributed by atoms with Crippen LogP contribution in [0.2, 0.25) is 0 Å². The molecule has 1 aromatic rings. The molecule has 2 fully saturated rings. The third-order valence-electron chi connectivity index (χ3n) is 5.63. The van der Waals surface area contributed by atoms with Gasteiger partial charge >= 0.3 is 0 Å². The molecule has 7 heteroatoms. The van der Waals surface area contributed by atoms with Crippen molar-refractivity contribution in [3.8, 4) is 0 Å². The summed E-state index contributed by atoms with van der Waals surface area (Å²) in [5, 5.41) is 3.55. The molecule has 2 aliphatic heterocycles. The molecule has 1 N–H and O–H groups in total. The maximum absolute atomic E-state index is 5.29. The summed E-state index contributed by atoms with van der Waals surface area (Å²) in [5.74, 6) is 1.68. The molecule has 1 unspecified atom stereocenters. The summed E-state index contributed by atoms with van der Waals surface area (Å²) < 4.78 is 5.29. The van der Waals surface area contributed by atoms with Crippen molar-refractivity contribution >= 4 is 35.6 Å². The van der Waals surface area contributed by atoms with Crippen LogP contribution in [0.25, 0.3) is 0 Å². The van der Waals surface area contributed by atoms with Gasteiger partial charge in [-0.3, -0.25) is 9.89 Å². The molecule has 2 saturated heterocycles. The lowest BCUT2D eigenvalue weighted by Crippen LogP contribution is -2.47. The molecule has 0 spiro atoms. The monoisotopic (exact) mass is 501 g/mol. The van der Waals surface area contributed by atoms with E-state index in [1.807, 2.05) is 7.05 Å². The van der Waals surface area contributed by atoms with Crippen LogP contribution in [0.5, 0.6) is 0 Å². The number of rotatable bonds is 7. The van der Waals surface area contributed by atoms with Gasteiger partial charge < -0.3 is 19.9 Å². The van der Waals surface area contributed by atoms with Gasteiger partial charge in [-0.15, -0.1) is 24.0 Å². The van der Waals surface area contributed by atoms with E-state index in [1.165, 1.54) is 12.1 Å². The predicted molar refractivity (Wildman–Crippen MR) is 128 cm³/mol. The number of methoxy groups -OCH3 is 1. The smallest absolute Gasteiger partial charge is 0.193 e. The number of para-hydroxylation sites is 1. The fourth-order valence-corrected chi connectivity index (χ4v) is 4.10. The largest absolute Gasteiger partial charge is 0.384 e. The van der Waals surface area contributed by atoms with Crippen molar-refractivity contribution in [1.29, 1.82) is 0 Å². The topological polar surface area (TPSA) is 43.3 Å². The van der Waals surface area contributed by atoms with Gasteiger partial charge in [0.15, 0.2) is 5.96 Å². The third-order valence-corrected chi connectivity index (χ3v) is 5.63. The number of nitrogens with zero attached hydrogens (tertiary/aromatic N) is 4. The number of aliphatic imine (C=N–C) groups is 1. The summed E-state index contributed by atoms with van der Waals surface area (Å²) in [4.78, 5) is 11.9. The summed E-state index contributed by atoms with van der Waals surface area (Å²) in [6, 6.07) is 10.7. The van der Waals surface area contributed by atoms with E-state index in [-0.39, 0.29) is 24.0 Å². The molecule has 0 saturated carbocycles. The van der Waals surface area contributed by atoms with Gasteiger partial charge in [0.05, 0.1) is 6.61 Å². The SMILES string of the molecule is CN=C(NCCCN1CCN(c2ccccc2)CC1)N1CCC(COC)C1.I. The van der Waals surface area contributed by atoms with Gasteiger partial charge in [-0.1, -0.05) is 18.2 Å². The van der Waals surface area contributed by atoms with Crippen molar-refractivity contribution in [3.05, 3.63) is 30.3 Å². The fraction of sp³-hybridized carbons (Fsp3) is 0.667. The van der Waals surface area contributed by atoms with Crippen molar-refractivity contribution in [2.75, 3.05) is 78.0 Å². The highest BCUT2D eigenvalue weighted by Gasteiger charge is 2.24. The van der Waals surface area contributed by atoms with E-state index in [4.69, 9.17) is 4.74 Å². The van der Waals surface area contributed by atoms with Crippen molar-refractivity contribution in [1.82, 2.24) is 15.1 Å². The van der Waals surface area contributed by atoms with Crippen LogP contribution >= 0.6 is 24.0 Å². The van der Waals surface area contributed by atoms with Crippen LogP contribution in [0.4, 0.5) is 5.69 Å². The minimum Gasteiger partial charge on any atom is -0.384 e. The molecule has 0 aliphatic carbocycles. The van der Waals surface area contributed by atoms with Gasteiger partial charge in [0.2, 0.25) is 0 Å². The second-order valence-electron chi connectivity index (χ2n) is 7.55. The summed E-state index contributed by atoms with van der Waals surface area (Å²) in [6.45, 7) is 9.65. The average Bonchev–Trinajstić information content (AvgIpc) is 3.18. The van der Waals surface area contributed by atoms with Crippen molar-refractivity contribution in [2.45, 2.75) is 12.8 Å². The molecule has 1 aromatic carbocycles. The minimum absolute atomic E-state index is 0. The van der Waals surface area contributed by atoms with Crippen molar-refractivity contribution in [3.63, 3.8) is 0 Å². The van der Waals surface area contributed by atoms with Crippen LogP contribution in [0.1, 0.15) is 12.8 Å². The number of ether oxygens (including phenoxy) is 1. The highest BCUT2D eigenvalue weighted by Crippen LogP contribution is 2.17. The van der Waals surface area contributed by atoms with E-state index < -0.39 is 0 Å². The number of benzene rings is 1. The zero-order chi connectivity index (χ0) is 18.9. The number of hydrogen-bond acceptors (Lipinski definition) is 4. The van der Waals surface area contributed by atoms with Crippen LogP contribution in [-0.4, -0.2) is 88.9 Å². The van der Waals surface area contributed by atoms with E-state index in [0.717, 1.165) is 71.3 Å². The van der Waals surface area contributed by atoms with Gasteiger partial charge in [-0.25, -0.2) is 0 Å². The zero-order valence-corrected chi connectivity index (χ0v) is 19.7. The van der Waals surface area contributed by atoms with Crippen LogP contribution in [-0.2, 0) is 4.74 Å². The summed E-state index contributed by atoms with van der Waals surface area (Å²) >= 11 is 0. The highest BCUT2D eigenvalue weighted by molar-refractivity contribution is 14.0. The molecule has 158 valence electrons. The molecular weight excluding hydrogens is 465 g/mol. The van der Waals surface area contributed by atoms with E-state index in [0.29, 0.717) is 5.92 Å². The maximum Gasteiger partial charge on any atom is 0.193 e. The van der Waals surface area contributed by atoms with E-state index in [9.17, 15) is 0 Å². The lowest BCUT2D eigenvalue weighted by Gasteiger charge is -2.36. The summed E-state index contributed by atoms with van der Waals surface area (Å²) in [6.07, 6.45) is 2.35. The van der Waals surface area contributed by atoms with Crippen LogP contribution in [0.3, 0.4) is 0 Å². The Labute approximate surface area is 187 Å². The second-order valence-corrected chi connectivity index (χ2v) is 7.55. The van der Waals surface area contributed by atoms with Crippen LogP contribution in [0, 0.1) is 5.92 Å². The Morgan fingerprint density at radius 1 is 1.14 bits per heavy atom. The molecule has 0 bridgehead atoms. The first-order valence-electron chi connectivity index (χ1n) is 10.3. The summed E-state index contributed by atoms with van der Waals surface area (Å²) in [7, 11) is 3.67. The van der Waals surface area contributed by atoms with Gasteiger partial charge in [-0.2, -0.15) is 0 Å². The number of likely N-dealkylation sites (tertiary alicyclic amines) is 1. The highest BCUT2D eigenvalue weighted by atomic mass is 127. The van der Waals surface area contributed by atoms with Crippen molar-refractivity contribution < 1.29 is 4.74 Å². The van der Waals surface area contributed by atoms with Crippen molar-refractivity contribution in [2.24, 2.45) is 10.9 Å². The van der Waals surface area contributed by atoms with E-state index in [2.05, 4.69) is 55.3 Å². The van der Waals surface area contributed by atoms with Gasteiger partial charge in [-0.05, 0) is 31.5 Å². The van der Waals surface area contributed by atoms with E-state index in [1.54, 1.807) is 7.11 Å². The predicted octanol–water partition coefficient (Wildman–Crippen LogP) is 2.36. The third kappa shape index (κ3) is 6.77. The van der Waals surface area contributed by atoms with E-state index >= 15 is 0 Å². The normalized spacial score (nSPS) is 20.9. The molecule has 3 rings (SSSR count). The first kappa shape index (κ1) is 23.2. The molecule has 28 heavy (non-hydrogen) atoms. The number of anilines is 1. The first-order chi connectivity index (χ1) is 13.3. The average molecular weight is 501 g/mol. The molecule has 6 nitrogen and oxygen atoms in total. The maximum atomic E-state index is 5.29. The lowest BCUT2D eigenvalue weighted by atomic mass is 10.1. The number of piperazine rings is 1. The Morgan fingerprint density at radius 3 is 2.57 bits per heavy atom. The molecule has 0 radical (unpaired) electrons. The number of hydrogen-bond donors (Lipinski definition) is 1. The van der Waals surface area contributed by atoms with Crippen LogP contribution < -0.4 is 10.2 Å². The van der Waals surface area contributed by atoms with Gasteiger partial charge in [0.25, 0.3) is 0 Å². The Kier molecular flexibility index (Phi) is 10.4. The number of halogens is 1. The van der Waals surface area contributed by atoms with Crippen LogP contribution in [0.15, 0.2) is 35.3 Å².